The van der Waals surface area contributed by atoms with E-state index in [9.17, 15) is 4.79 Å². The first kappa shape index (κ1) is 14.2. The van der Waals surface area contributed by atoms with Gasteiger partial charge in [0.25, 0.3) is 5.91 Å². The molecule has 0 heterocycles. The Balaban J connectivity index is 2.44. The first-order valence-electron chi connectivity index (χ1n) is 5.90. The predicted octanol–water partition coefficient (Wildman–Crippen LogP) is 2.49. The van der Waals surface area contributed by atoms with Crippen LogP contribution in [0.4, 0.5) is 0 Å². The van der Waals surface area contributed by atoms with Crippen LogP contribution in [-0.2, 0) is 0 Å². The van der Waals surface area contributed by atoms with Crippen LogP contribution in [0.2, 0.25) is 0 Å². The molecule has 0 radical (unpaired) electrons. The zero-order valence-electron chi connectivity index (χ0n) is 10.3. The summed E-state index contributed by atoms with van der Waals surface area (Å²) in [6.07, 6.45) is 0.951. The molecule has 94 valence electrons. The minimum Gasteiger partial charge on any atom is -0.352 e. The summed E-state index contributed by atoms with van der Waals surface area (Å²) in [6.45, 7) is 6.63. The number of carbonyl (C=O) groups is 1. The van der Waals surface area contributed by atoms with Gasteiger partial charge in [-0.2, -0.15) is 0 Å². The summed E-state index contributed by atoms with van der Waals surface area (Å²) in [6, 6.07) is 5.67. The standard InChI is InChI=1S/C13H19BrN2O/c1-3-15-8-5-9-16-13(17)11-6-4-7-12(14)10(11)2/h4,6-7,15H,3,5,8-9H2,1-2H3,(H,16,17). The second-order valence-electron chi connectivity index (χ2n) is 3.88. The van der Waals surface area contributed by atoms with Crippen LogP contribution >= 0.6 is 15.9 Å². The van der Waals surface area contributed by atoms with Gasteiger partial charge in [0.15, 0.2) is 0 Å². The molecule has 0 spiro atoms. The van der Waals surface area contributed by atoms with E-state index in [1.54, 1.807) is 0 Å². The molecule has 2 N–H and O–H groups in total. The van der Waals surface area contributed by atoms with Gasteiger partial charge >= 0.3 is 0 Å². The molecule has 0 aliphatic carbocycles. The quantitative estimate of drug-likeness (QED) is 0.792. The van der Waals surface area contributed by atoms with Crippen molar-refractivity contribution in [2.75, 3.05) is 19.6 Å². The van der Waals surface area contributed by atoms with Gasteiger partial charge in [-0.1, -0.05) is 28.9 Å². The first-order chi connectivity index (χ1) is 8.16. The second-order valence-corrected chi connectivity index (χ2v) is 4.73. The molecule has 0 saturated carbocycles. The normalized spacial score (nSPS) is 10.3. The van der Waals surface area contributed by atoms with Gasteiger partial charge in [-0.05, 0) is 44.1 Å². The molecular weight excluding hydrogens is 280 g/mol. The van der Waals surface area contributed by atoms with Crippen LogP contribution in [0.5, 0.6) is 0 Å². The SMILES string of the molecule is CCNCCCNC(=O)c1cccc(Br)c1C. The lowest BCUT2D eigenvalue weighted by Gasteiger charge is -2.08. The van der Waals surface area contributed by atoms with Gasteiger partial charge in [-0.15, -0.1) is 0 Å². The minimum atomic E-state index is 0.000276. The summed E-state index contributed by atoms with van der Waals surface area (Å²) in [5.41, 5.74) is 1.72. The zero-order chi connectivity index (χ0) is 12.7. The van der Waals surface area contributed by atoms with E-state index in [2.05, 4.69) is 33.5 Å². The van der Waals surface area contributed by atoms with E-state index in [1.807, 2.05) is 25.1 Å². The number of amides is 1. The average molecular weight is 299 g/mol. The first-order valence-corrected chi connectivity index (χ1v) is 6.70. The van der Waals surface area contributed by atoms with Gasteiger partial charge < -0.3 is 10.6 Å². The fourth-order valence-electron chi connectivity index (χ4n) is 1.54. The Morgan fingerprint density at radius 3 is 2.82 bits per heavy atom. The van der Waals surface area contributed by atoms with Crippen molar-refractivity contribution in [2.24, 2.45) is 0 Å². The van der Waals surface area contributed by atoms with Crippen LogP contribution in [0.15, 0.2) is 22.7 Å². The highest BCUT2D eigenvalue weighted by Crippen LogP contribution is 2.19. The summed E-state index contributed by atoms with van der Waals surface area (Å²) >= 11 is 3.43. The Labute approximate surface area is 111 Å². The van der Waals surface area contributed by atoms with E-state index < -0.39 is 0 Å². The molecule has 0 aliphatic heterocycles. The highest BCUT2D eigenvalue weighted by molar-refractivity contribution is 9.10. The van der Waals surface area contributed by atoms with Crippen LogP contribution in [0.1, 0.15) is 29.3 Å². The minimum absolute atomic E-state index is 0.000276. The summed E-state index contributed by atoms with van der Waals surface area (Å²) in [7, 11) is 0. The Kier molecular flexibility index (Phi) is 6.22. The van der Waals surface area contributed by atoms with Crippen molar-refractivity contribution in [1.29, 1.82) is 0 Å². The smallest absolute Gasteiger partial charge is 0.251 e. The fraction of sp³-hybridized carbons (Fsp3) is 0.462. The van der Waals surface area contributed by atoms with E-state index >= 15 is 0 Å². The molecule has 1 aromatic carbocycles. The Bertz CT molecular complexity index is 380. The lowest BCUT2D eigenvalue weighted by Crippen LogP contribution is -2.27. The molecule has 3 nitrogen and oxygen atoms in total. The molecule has 17 heavy (non-hydrogen) atoms. The number of benzene rings is 1. The van der Waals surface area contributed by atoms with E-state index in [-0.39, 0.29) is 5.91 Å². The van der Waals surface area contributed by atoms with E-state index in [1.165, 1.54) is 0 Å². The van der Waals surface area contributed by atoms with Gasteiger partial charge in [0.2, 0.25) is 0 Å². The molecule has 0 aliphatic rings. The molecule has 1 aromatic rings. The van der Waals surface area contributed by atoms with Crippen LogP contribution in [0.25, 0.3) is 0 Å². The topological polar surface area (TPSA) is 41.1 Å². The molecule has 1 amide bonds. The number of hydrogen-bond donors (Lipinski definition) is 2. The molecule has 0 bridgehead atoms. The number of hydrogen-bond acceptors (Lipinski definition) is 2. The molecule has 1 rings (SSSR count). The lowest BCUT2D eigenvalue weighted by molar-refractivity contribution is 0.0952. The van der Waals surface area contributed by atoms with Gasteiger partial charge in [0.05, 0.1) is 0 Å². The Hall–Kier alpha value is -0.870. The maximum absolute atomic E-state index is 11.9. The third kappa shape index (κ3) is 4.48. The van der Waals surface area contributed by atoms with Gasteiger partial charge in [0.1, 0.15) is 0 Å². The fourth-order valence-corrected chi connectivity index (χ4v) is 1.91. The molecule has 0 aromatic heterocycles. The summed E-state index contributed by atoms with van der Waals surface area (Å²) < 4.78 is 0.970. The van der Waals surface area contributed by atoms with Crippen molar-refractivity contribution in [3.8, 4) is 0 Å². The summed E-state index contributed by atoms with van der Waals surface area (Å²) in [4.78, 5) is 11.9. The Morgan fingerprint density at radius 2 is 2.12 bits per heavy atom. The van der Waals surface area contributed by atoms with Gasteiger partial charge in [0, 0.05) is 16.6 Å². The third-order valence-electron chi connectivity index (χ3n) is 2.58. The monoisotopic (exact) mass is 298 g/mol. The summed E-state index contributed by atoms with van der Waals surface area (Å²) in [5.74, 6) is 0.000276. The number of rotatable bonds is 6. The largest absolute Gasteiger partial charge is 0.352 e. The van der Waals surface area contributed by atoms with Gasteiger partial charge in [-0.25, -0.2) is 0 Å². The molecule has 0 saturated heterocycles. The van der Waals surface area contributed by atoms with Crippen molar-refractivity contribution in [1.82, 2.24) is 10.6 Å². The van der Waals surface area contributed by atoms with E-state index in [0.29, 0.717) is 6.54 Å². The van der Waals surface area contributed by atoms with E-state index in [0.717, 1.165) is 35.1 Å². The molecule has 0 atom stereocenters. The molecule has 0 unspecified atom stereocenters. The number of halogens is 1. The average Bonchev–Trinajstić information content (AvgIpc) is 2.32. The Morgan fingerprint density at radius 1 is 1.35 bits per heavy atom. The molecular formula is C13H19BrN2O. The van der Waals surface area contributed by atoms with Crippen molar-refractivity contribution < 1.29 is 4.79 Å². The molecule has 0 fully saturated rings. The second kappa shape index (κ2) is 7.45. The van der Waals surface area contributed by atoms with Crippen LogP contribution in [-0.4, -0.2) is 25.5 Å². The zero-order valence-corrected chi connectivity index (χ0v) is 11.9. The van der Waals surface area contributed by atoms with Crippen LogP contribution in [0, 0.1) is 6.92 Å². The lowest BCUT2D eigenvalue weighted by atomic mass is 10.1. The number of carbonyl (C=O) groups excluding carboxylic acids is 1. The van der Waals surface area contributed by atoms with Crippen molar-refractivity contribution in [2.45, 2.75) is 20.3 Å². The maximum Gasteiger partial charge on any atom is 0.251 e. The van der Waals surface area contributed by atoms with Gasteiger partial charge in [-0.3, -0.25) is 4.79 Å². The van der Waals surface area contributed by atoms with Crippen LogP contribution < -0.4 is 10.6 Å². The maximum atomic E-state index is 11.9. The van der Waals surface area contributed by atoms with Crippen molar-refractivity contribution >= 4 is 21.8 Å². The summed E-state index contributed by atoms with van der Waals surface area (Å²) in [5, 5.41) is 6.15. The molecule has 4 heteroatoms. The van der Waals surface area contributed by atoms with E-state index in [4.69, 9.17) is 0 Å². The third-order valence-corrected chi connectivity index (χ3v) is 3.44. The highest BCUT2D eigenvalue weighted by atomic mass is 79.9. The van der Waals surface area contributed by atoms with Crippen molar-refractivity contribution in [3.63, 3.8) is 0 Å². The van der Waals surface area contributed by atoms with Crippen molar-refractivity contribution in [3.05, 3.63) is 33.8 Å². The highest BCUT2D eigenvalue weighted by Gasteiger charge is 2.09. The van der Waals surface area contributed by atoms with Crippen LogP contribution in [0.3, 0.4) is 0 Å². The predicted molar refractivity (Wildman–Crippen MR) is 74.4 cm³/mol. The number of nitrogens with one attached hydrogen (secondary N) is 2.